The van der Waals surface area contributed by atoms with Crippen LogP contribution in [0.15, 0.2) is 72.8 Å². The summed E-state index contributed by atoms with van der Waals surface area (Å²) < 4.78 is 0. The molecule has 1 aliphatic carbocycles. The van der Waals surface area contributed by atoms with Crippen molar-refractivity contribution >= 4 is 58.4 Å². The van der Waals surface area contributed by atoms with E-state index < -0.39 is 6.04 Å². The predicted molar refractivity (Wildman–Crippen MR) is 164 cm³/mol. The van der Waals surface area contributed by atoms with Crippen molar-refractivity contribution in [3.8, 4) is 0 Å². The Morgan fingerprint density at radius 3 is 2.31 bits per heavy atom. The fraction of sp³-hybridized carbons (Fsp3) is 0.355. The molecule has 206 valence electrons. The van der Waals surface area contributed by atoms with E-state index in [0.29, 0.717) is 33.8 Å². The molecule has 0 saturated heterocycles. The largest absolute Gasteiger partial charge is 0.352 e. The van der Waals surface area contributed by atoms with Crippen LogP contribution in [0.25, 0.3) is 0 Å². The molecule has 0 heterocycles. The first-order chi connectivity index (χ1) is 18.9. The minimum atomic E-state index is -0.647. The molecule has 3 aromatic rings. The fourth-order valence-corrected chi connectivity index (χ4v) is 6.29. The zero-order valence-corrected chi connectivity index (χ0v) is 24.8. The second kappa shape index (κ2) is 15.0. The van der Waals surface area contributed by atoms with Crippen LogP contribution >= 0.6 is 46.6 Å². The summed E-state index contributed by atoms with van der Waals surface area (Å²) in [5, 5.41) is 4.86. The van der Waals surface area contributed by atoms with E-state index in [0.717, 1.165) is 42.4 Å². The van der Waals surface area contributed by atoms with Gasteiger partial charge in [0.05, 0.1) is 15.8 Å². The summed E-state index contributed by atoms with van der Waals surface area (Å²) in [5.41, 5.74) is 2.88. The van der Waals surface area contributed by atoms with Crippen LogP contribution in [0.2, 0.25) is 15.1 Å². The van der Waals surface area contributed by atoms with Crippen molar-refractivity contribution in [1.82, 2.24) is 10.2 Å². The average Bonchev–Trinajstić information content (AvgIpc) is 2.93. The van der Waals surface area contributed by atoms with Crippen LogP contribution in [0.5, 0.6) is 0 Å². The molecule has 1 saturated carbocycles. The van der Waals surface area contributed by atoms with Crippen LogP contribution < -0.4 is 5.32 Å². The van der Waals surface area contributed by atoms with Gasteiger partial charge >= 0.3 is 0 Å². The van der Waals surface area contributed by atoms with E-state index in [9.17, 15) is 9.59 Å². The van der Waals surface area contributed by atoms with Gasteiger partial charge in [0.25, 0.3) is 0 Å². The molecule has 4 nitrogen and oxygen atoms in total. The third kappa shape index (κ3) is 9.18. The summed E-state index contributed by atoms with van der Waals surface area (Å²) >= 11 is 20.0. The first-order valence-corrected chi connectivity index (χ1v) is 15.6. The molecular weight excluding hydrogens is 571 g/mol. The van der Waals surface area contributed by atoms with E-state index in [1.807, 2.05) is 66.7 Å². The first kappa shape index (κ1) is 29.8. The van der Waals surface area contributed by atoms with Gasteiger partial charge in [0, 0.05) is 29.8 Å². The number of amides is 2. The molecule has 0 aliphatic heterocycles. The number of carbonyl (C=O) groups is 2. The Bertz CT molecular complexity index is 1250. The quantitative estimate of drug-likeness (QED) is 0.242. The molecule has 1 fully saturated rings. The zero-order chi connectivity index (χ0) is 27.6. The fourth-order valence-electron chi connectivity index (χ4n) is 4.90. The molecular formula is C31H33Cl3N2O2S. The first-order valence-electron chi connectivity index (χ1n) is 13.3. The van der Waals surface area contributed by atoms with Crippen molar-refractivity contribution < 1.29 is 9.59 Å². The summed E-state index contributed by atoms with van der Waals surface area (Å²) in [7, 11) is 0. The Hall–Kier alpha value is -2.18. The number of nitrogens with zero attached hydrogens (tertiary/aromatic N) is 1. The van der Waals surface area contributed by atoms with Crippen LogP contribution in [0.3, 0.4) is 0 Å². The lowest BCUT2D eigenvalue weighted by Gasteiger charge is -2.33. The van der Waals surface area contributed by atoms with Crippen molar-refractivity contribution in [3.63, 3.8) is 0 Å². The molecule has 8 heteroatoms. The molecule has 1 N–H and O–H groups in total. The minimum Gasteiger partial charge on any atom is -0.352 e. The Kier molecular flexibility index (Phi) is 11.5. The zero-order valence-electron chi connectivity index (χ0n) is 21.8. The minimum absolute atomic E-state index is 0.0974. The van der Waals surface area contributed by atoms with Crippen molar-refractivity contribution in [2.75, 3.05) is 5.75 Å². The van der Waals surface area contributed by atoms with Gasteiger partial charge < -0.3 is 10.2 Å². The molecule has 1 unspecified atom stereocenters. The smallest absolute Gasteiger partial charge is 0.243 e. The number of hydrogen-bond donors (Lipinski definition) is 1. The SMILES string of the molecule is O=C(NC1CCCCC1)C(Cc1ccccc1)N(Cc1cccc(Cl)c1)C(=O)CSCc1ccc(Cl)c(Cl)c1. The Morgan fingerprint density at radius 1 is 0.846 bits per heavy atom. The van der Waals surface area contributed by atoms with E-state index in [2.05, 4.69) is 5.32 Å². The highest BCUT2D eigenvalue weighted by atomic mass is 35.5. The third-order valence-electron chi connectivity index (χ3n) is 6.94. The van der Waals surface area contributed by atoms with Crippen molar-refractivity contribution in [2.24, 2.45) is 0 Å². The summed E-state index contributed by atoms with van der Waals surface area (Å²) in [6.45, 7) is 0.294. The van der Waals surface area contributed by atoms with Gasteiger partial charge in [-0.2, -0.15) is 0 Å². The van der Waals surface area contributed by atoms with E-state index >= 15 is 0 Å². The summed E-state index contributed by atoms with van der Waals surface area (Å²) in [6, 6.07) is 22.3. The highest BCUT2D eigenvalue weighted by Crippen LogP contribution is 2.26. The Labute approximate surface area is 250 Å². The van der Waals surface area contributed by atoms with Crippen molar-refractivity contribution in [1.29, 1.82) is 0 Å². The summed E-state index contributed by atoms with van der Waals surface area (Å²) in [5.74, 6) is 0.629. The lowest BCUT2D eigenvalue weighted by molar-refractivity contribution is -0.139. The van der Waals surface area contributed by atoms with Crippen molar-refractivity contribution in [2.45, 2.75) is 62.9 Å². The number of nitrogens with one attached hydrogen (secondary N) is 1. The normalized spacial score (nSPS) is 14.5. The maximum Gasteiger partial charge on any atom is 0.243 e. The summed E-state index contributed by atoms with van der Waals surface area (Å²) in [6.07, 6.45) is 5.82. The maximum atomic E-state index is 13.8. The maximum absolute atomic E-state index is 13.8. The topological polar surface area (TPSA) is 49.4 Å². The van der Waals surface area contributed by atoms with Gasteiger partial charge in [0.15, 0.2) is 0 Å². The monoisotopic (exact) mass is 602 g/mol. The molecule has 39 heavy (non-hydrogen) atoms. The van der Waals surface area contributed by atoms with E-state index in [-0.39, 0.29) is 23.6 Å². The van der Waals surface area contributed by atoms with Crippen LogP contribution in [0.4, 0.5) is 0 Å². The molecule has 0 bridgehead atoms. The van der Waals surface area contributed by atoms with Gasteiger partial charge in [-0.25, -0.2) is 0 Å². The standard InChI is InChI=1S/C31H33Cl3N2O2S/c32-25-11-7-10-23(16-25)19-36(30(37)21-39-20-24-14-15-27(33)28(34)17-24)29(18-22-8-3-1-4-9-22)31(38)35-26-12-5-2-6-13-26/h1,3-4,7-11,14-17,26,29H,2,5-6,12-13,18-21H2,(H,35,38). The predicted octanol–water partition coefficient (Wildman–Crippen LogP) is 7.97. The lowest BCUT2D eigenvalue weighted by atomic mass is 9.94. The Morgan fingerprint density at radius 2 is 1.59 bits per heavy atom. The van der Waals surface area contributed by atoms with E-state index in [1.54, 1.807) is 11.0 Å². The molecule has 2 amide bonds. The molecule has 4 rings (SSSR count). The van der Waals surface area contributed by atoms with E-state index in [4.69, 9.17) is 34.8 Å². The van der Waals surface area contributed by atoms with Gasteiger partial charge in [0.1, 0.15) is 6.04 Å². The van der Waals surface area contributed by atoms with Gasteiger partial charge in [-0.15, -0.1) is 11.8 Å². The lowest BCUT2D eigenvalue weighted by Crippen LogP contribution is -2.53. The molecule has 1 atom stereocenters. The van der Waals surface area contributed by atoms with Gasteiger partial charge in [0.2, 0.25) is 11.8 Å². The molecule has 0 aromatic heterocycles. The van der Waals surface area contributed by atoms with Gasteiger partial charge in [-0.3, -0.25) is 9.59 Å². The number of thioether (sulfide) groups is 1. The van der Waals surface area contributed by atoms with Crippen LogP contribution in [0.1, 0.15) is 48.8 Å². The molecule has 0 spiro atoms. The van der Waals surface area contributed by atoms with Crippen LogP contribution in [-0.4, -0.2) is 34.6 Å². The third-order valence-corrected chi connectivity index (χ3v) is 8.91. The number of halogens is 3. The molecule has 3 aromatic carbocycles. The van der Waals surface area contributed by atoms with Crippen molar-refractivity contribution in [3.05, 3.63) is 105 Å². The number of hydrogen-bond acceptors (Lipinski definition) is 3. The highest BCUT2D eigenvalue weighted by Gasteiger charge is 2.31. The van der Waals surface area contributed by atoms with E-state index in [1.165, 1.54) is 18.2 Å². The Balaban J connectivity index is 1.56. The van der Waals surface area contributed by atoms with Gasteiger partial charge in [-0.05, 0) is 53.8 Å². The molecule has 0 radical (unpaired) electrons. The highest BCUT2D eigenvalue weighted by molar-refractivity contribution is 7.99. The van der Waals surface area contributed by atoms with Crippen LogP contribution in [0, 0.1) is 0 Å². The second-order valence-electron chi connectivity index (χ2n) is 9.94. The number of carbonyl (C=O) groups excluding carboxylic acids is 2. The number of benzene rings is 3. The summed E-state index contributed by atoms with van der Waals surface area (Å²) in [4.78, 5) is 29.4. The second-order valence-corrected chi connectivity index (χ2v) is 12.2. The molecule has 1 aliphatic rings. The average molecular weight is 604 g/mol. The van der Waals surface area contributed by atoms with Crippen LogP contribution in [-0.2, 0) is 28.3 Å². The number of rotatable bonds is 11. The van der Waals surface area contributed by atoms with Gasteiger partial charge in [-0.1, -0.05) is 103 Å².